The zero-order chi connectivity index (χ0) is 22.2. The molecule has 1 saturated heterocycles. The highest BCUT2D eigenvalue weighted by Gasteiger charge is 2.23. The lowest BCUT2D eigenvalue weighted by molar-refractivity contribution is -0.131. The highest BCUT2D eigenvalue weighted by molar-refractivity contribution is 5.94. The number of carbonyl (C=O) groups is 2. The van der Waals surface area contributed by atoms with Crippen LogP contribution in [0.4, 0.5) is 0 Å². The molecule has 2 aromatic carbocycles. The molecule has 166 valence electrons. The molecule has 1 aliphatic heterocycles. The molecule has 7 heteroatoms. The first kappa shape index (κ1) is 22.5. The van der Waals surface area contributed by atoms with E-state index < -0.39 is 0 Å². The summed E-state index contributed by atoms with van der Waals surface area (Å²) in [6, 6.07) is 12.7. The second-order valence-electron chi connectivity index (χ2n) is 7.63. The molecule has 1 fully saturated rings. The predicted octanol–water partition coefficient (Wildman–Crippen LogP) is 2.92. The van der Waals surface area contributed by atoms with Crippen molar-refractivity contribution in [1.82, 2.24) is 10.2 Å². The largest absolute Gasteiger partial charge is 0.497 e. The Hall–Kier alpha value is -3.22. The second-order valence-corrected chi connectivity index (χ2v) is 7.63. The van der Waals surface area contributed by atoms with Crippen molar-refractivity contribution < 1.29 is 23.8 Å². The molecule has 1 N–H and O–H groups in total. The lowest BCUT2D eigenvalue weighted by atomic mass is 9.96. The van der Waals surface area contributed by atoms with Crippen LogP contribution in [0.3, 0.4) is 0 Å². The van der Waals surface area contributed by atoms with E-state index in [2.05, 4.69) is 5.32 Å². The Kier molecular flexibility index (Phi) is 7.76. The molecule has 0 saturated carbocycles. The van der Waals surface area contributed by atoms with E-state index in [1.54, 1.807) is 39.5 Å². The number of benzene rings is 2. The average molecular weight is 427 g/mol. The molecular formula is C24H30N2O5. The number of hydrogen-bond donors (Lipinski definition) is 1. The van der Waals surface area contributed by atoms with Crippen molar-refractivity contribution in [1.29, 1.82) is 0 Å². The summed E-state index contributed by atoms with van der Waals surface area (Å²) in [7, 11) is 4.73. The van der Waals surface area contributed by atoms with E-state index in [9.17, 15) is 9.59 Å². The minimum atomic E-state index is -0.141. The normalized spacial score (nSPS) is 14.1. The molecule has 0 spiro atoms. The lowest BCUT2D eigenvalue weighted by Crippen LogP contribution is -2.42. The minimum absolute atomic E-state index is 0.126. The number of carbonyl (C=O) groups excluding carboxylic acids is 2. The van der Waals surface area contributed by atoms with Crippen molar-refractivity contribution in [3.05, 3.63) is 53.6 Å². The zero-order valence-electron chi connectivity index (χ0n) is 18.3. The van der Waals surface area contributed by atoms with Crippen LogP contribution < -0.4 is 19.5 Å². The van der Waals surface area contributed by atoms with Crippen molar-refractivity contribution in [3.8, 4) is 17.2 Å². The number of nitrogens with zero attached hydrogens (tertiary/aromatic N) is 1. The fourth-order valence-electron chi connectivity index (χ4n) is 3.77. The Morgan fingerprint density at radius 3 is 2.39 bits per heavy atom. The fourth-order valence-corrected chi connectivity index (χ4v) is 3.77. The van der Waals surface area contributed by atoms with Gasteiger partial charge in [0.1, 0.15) is 5.75 Å². The highest BCUT2D eigenvalue weighted by atomic mass is 16.5. The summed E-state index contributed by atoms with van der Waals surface area (Å²) >= 11 is 0. The monoisotopic (exact) mass is 426 g/mol. The van der Waals surface area contributed by atoms with Gasteiger partial charge in [0.05, 0.1) is 27.8 Å². The van der Waals surface area contributed by atoms with Gasteiger partial charge < -0.3 is 24.4 Å². The summed E-state index contributed by atoms with van der Waals surface area (Å²) in [5, 5.41) is 3.00. The molecule has 0 bridgehead atoms. The summed E-state index contributed by atoms with van der Waals surface area (Å²) in [6.45, 7) is 2.00. The highest BCUT2D eigenvalue weighted by Crippen LogP contribution is 2.27. The van der Waals surface area contributed by atoms with Crippen LogP contribution >= 0.6 is 0 Å². The van der Waals surface area contributed by atoms with Gasteiger partial charge in [-0.2, -0.15) is 0 Å². The summed E-state index contributed by atoms with van der Waals surface area (Å²) in [5.41, 5.74) is 1.48. The number of rotatable bonds is 8. The van der Waals surface area contributed by atoms with E-state index in [1.807, 2.05) is 29.2 Å². The molecular weight excluding hydrogens is 396 g/mol. The Morgan fingerprint density at radius 2 is 1.71 bits per heavy atom. The van der Waals surface area contributed by atoms with Gasteiger partial charge in [0.2, 0.25) is 5.91 Å². The van der Waals surface area contributed by atoms with Gasteiger partial charge in [-0.25, -0.2) is 0 Å². The number of piperidine rings is 1. The van der Waals surface area contributed by atoms with Gasteiger partial charge in [0, 0.05) is 25.2 Å². The van der Waals surface area contributed by atoms with Crippen molar-refractivity contribution in [2.75, 3.05) is 41.0 Å². The third-order valence-electron chi connectivity index (χ3n) is 5.65. The quantitative estimate of drug-likeness (QED) is 0.702. The van der Waals surface area contributed by atoms with Crippen LogP contribution in [0.2, 0.25) is 0 Å². The van der Waals surface area contributed by atoms with Crippen LogP contribution in [0.1, 0.15) is 28.8 Å². The maximum atomic E-state index is 12.6. The van der Waals surface area contributed by atoms with Gasteiger partial charge in [-0.3, -0.25) is 9.59 Å². The van der Waals surface area contributed by atoms with Crippen LogP contribution in [-0.4, -0.2) is 57.7 Å². The third-order valence-corrected chi connectivity index (χ3v) is 5.65. The number of amides is 2. The van der Waals surface area contributed by atoms with E-state index in [-0.39, 0.29) is 11.8 Å². The fraction of sp³-hybridized carbons (Fsp3) is 0.417. The Balaban J connectivity index is 1.45. The Bertz CT molecular complexity index is 907. The van der Waals surface area contributed by atoms with Gasteiger partial charge in [-0.1, -0.05) is 12.1 Å². The SMILES string of the molecule is COc1cccc(CC(=O)N2CCC(CNC(=O)c3ccc(OC)c(OC)c3)CC2)c1. The first-order chi connectivity index (χ1) is 15.0. The first-order valence-electron chi connectivity index (χ1n) is 10.4. The maximum absolute atomic E-state index is 12.6. The molecule has 0 unspecified atom stereocenters. The Morgan fingerprint density at radius 1 is 0.968 bits per heavy atom. The average Bonchev–Trinajstić information content (AvgIpc) is 2.82. The van der Waals surface area contributed by atoms with Crippen LogP contribution in [0, 0.1) is 5.92 Å². The molecule has 0 aliphatic carbocycles. The third kappa shape index (κ3) is 5.90. The first-order valence-corrected chi connectivity index (χ1v) is 10.4. The van der Waals surface area contributed by atoms with Gasteiger partial charge in [-0.05, 0) is 54.7 Å². The van der Waals surface area contributed by atoms with Crippen molar-refractivity contribution in [2.24, 2.45) is 5.92 Å². The lowest BCUT2D eigenvalue weighted by Gasteiger charge is -2.32. The molecule has 2 aromatic rings. The van der Waals surface area contributed by atoms with Gasteiger partial charge in [0.15, 0.2) is 11.5 Å². The molecule has 2 amide bonds. The van der Waals surface area contributed by atoms with Gasteiger partial charge in [0.25, 0.3) is 5.91 Å². The van der Waals surface area contributed by atoms with E-state index in [1.165, 1.54) is 0 Å². The topological polar surface area (TPSA) is 77.1 Å². The van der Waals surface area contributed by atoms with E-state index in [0.29, 0.717) is 49.0 Å². The van der Waals surface area contributed by atoms with Gasteiger partial charge in [-0.15, -0.1) is 0 Å². The number of nitrogens with one attached hydrogen (secondary N) is 1. The standard InChI is InChI=1S/C24H30N2O5/c1-29-20-6-4-5-18(13-20)14-23(27)26-11-9-17(10-12-26)16-25-24(28)19-7-8-21(30-2)22(15-19)31-3/h4-8,13,15,17H,9-12,14,16H2,1-3H3,(H,25,28). The van der Waals surface area contributed by atoms with E-state index >= 15 is 0 Å². The predicted molar refractivity (Wildman–Crippen MR) is 118 cm³/mol. The molecule has 3 rings (SSSR count). The van der Waals surface area contributed by atoms with Crippen LogP contribution in [0.5, 0.6) is 17.2 Å². The number of likely N-dealkylation sites (tertiary alicyclic amines) is 1. The van der Waals surface area contributed by atoms with Crippen molar-refractivity contribution >= 4 is 11.8 Å². The van der Waals surface area contributed by atoms with E-state index in [0.717, 1.165) is 24.2 Å². The van der Waals surface area contributed by atoms with Crippen molar-refractivity contribution in [3.63, 3.8) is 0 Å². The maximum Gasteiger partial charge on any atom is 0.251 e. The zero-order valence-corrected chi connectivity index (χ0v) is 18.3. The molecule has 1 aliphatic rings. The molecule has 0 radical (unpaired) electrons. The van der Waals surface area contributed by atoms with Crippen LogP contribution in [-0.2, 0) is 11.2 Å². The molecule has 7 nitrogen and oxygen atoms in total. The minimum Gasteiger partial charge on any atom is -0.497 e. The summed E-state index contributed by atoms with van der Waals surface area (Å²) in [6.07, 6.45) is 2.12. The second kappa shape index (κ2) is 10.7. The summed E-state index contributed by atoms with van der Waals surface area (Å²) in [4.78, 5) is 27.0. The van der Waals surface area contributed by atoms with Crippen molar-refractivity contribution in [2.45, 2.75) is 19.3 Å². The van der Waals surface area contributed by atoms with E-state index in [4.69, 9.17) is 14.2 Å². The van der Waals surface area contributed by atoms with Crippen LogP contribution in [0.25, 0.3) is 0 Å². The number of hydrogen-bond acceptors (Lipinski definition) is 5. The number of methoxy groups -OCH3 is 3. The molecule has 31 heavy (non-hydrogen) atoms. The molecule has 1 heterocycles. The molecule has 0 atom stereocenters. The summed E-state index contributed by atoms with van der Waals surface area (Å²) < 4.78 is 15.7. The molecule has 0 aromatic heterocycles. The number of ether oxygens (including phenoxy) is 3. The van der Waals surface area contributed by atoms with Gasteiger partial charge >= 0.3 is 0 Å². The summed E-state index contributed by atoms with van der Waals surface area (Å²) in [5.74, 6) is 2.21. The van der Waals surface area contributed by atoms with Crippen LogP contribution in [0.15, 0.2) is 42.5 Å². The Labute approximate surface area is 183 Å². The smallest absolute Gasteiger partial charge is 0.251 e.